The predicted molar refractivity (Wildman–Crippen MR) is 97.1 cm³/mol. The number of aryl methyl sites for hydroxylation is 1. The van der Waals surface area contributed by atoms with Crippen LogP contribution in [0.2, 0.25) is 5.02 Å². The Bertz CT molecular complexity index is 763. The monoisotopic (exact) mass is 345 g/mol. The number of nitrogens with zero attached hydrogens (tertiary/aromatic N) is 1. The number of thiocarbonyl (C=S) groups is 1. The third-order valence-electron chi connectivity index (χ3n) is 3.80. The van der Waals surface area contributed by atoms with Gasteiger partial charge in [0.15, 0.2) is 5.11 Å². The fraction of sp³-hybridized carbons (Fsp3) is 0.176. The summed E-state index contributed by atoms with van der Waals surface area (Å²) in [6.07, 6.45) is 3.55. The van der Waals surface area contributed by atoms with Gasteiger partial charge in [-0.1, -0.05) is 35.9 Å². The summed E-state index contributed by atoms with van der Waals surface area (Å²) < 4.78 is 0. The van der Waals surface area contributed by atoms with E-state index in [0.717, 1.165) is 12.8 Å². The van der Waals surface area contributed by atoms with Crippen molar-refractivity contribution >= 4 is 35.1 Å². The Balaban J connectivity index is 1.58. The molecule has 0 spiro atoms. The molecule has 0 saturated heterocycles. The number of benzene rings is 2. The smallest absolute Gasteiger partial charge is 0.187 e. The Morgan fingerprint density at radius 2 is 2.13 bits per heavy atom. The summed E-state index contributed by atoms with van der Waals surface area (Å²) in [5, 5.41) is 18.0. The van der Waals surface area contributed by atoms with Crippen molar-refractivity contribution in [2.24, 2.45) is 5.10 Å². The van der Waals surface area contributed by atoms with Crippen molar-refractivity contribution in [3.05, 3.63) is 64.2 Å². The third kappa shape index (κ3) is 3.81. The Morgan fingerprint density at radius 1 is 1.30 bits per heavy atom. The van der Waals surface area contributed by atoms with Crippen LogP contribution in [0.4, 0.5) is 0 Å². The lowest BCUT2D eigenvalue weighted by molar-refractivity contribution is 0.474. The number of fused-ring (bicyclic) bond motifs is 1. The summed E-state index contributed by atoms with van der Waals surface area (Å²) in [7, 11) is 0. The molecule has 1 aliphatic rings. The zero-order chi connectivity index (χ0) is 16.2. The second kappa shape index (κ2) is 6.98. The SMILES string of the molecule is Oc1ccc(Cl)cc1/C=N/NC(=S)N[C@H]1CCc2ccccc21. The highest BCUT2D eigenvalue weighted by atomic mass is 35.5. The van der Waals surface area contributed by atoms with Crippen molar-refractivity contribution in [3.8, 4) is 5.75 Å². The largest absolute Gasteiger partial charge is 0.507 e. The standard InChI is InChI=1S/C17H16ClN3OS/c18-13-6-8-16(22)12(9-13)10-19-21-17(23)20-15-7-5-11-3-1-2-4-14(11)15/h1-4,6,8-10,15,22H,5,7H2,(H2,20,21,23)/b19-10+/t15-/m0/s1. The predicted octanol–water partition coefficient (Wildman–Crippen LogP) is 3.53. The van der Waals surface area contributed by atoms with Crippen LogP contribution in [-0.4, -0.2) is 16.4 Å². The van der Waals surface area contributed by atoms with Gasteiger partial charge in [-0.2, -0.15) is 5.10 Å². The topological polar surface area (TPSA) is 56.7 Å². The highest BCUT2D eigenvalue weighted by Crippen LogP contribution is 2.30. The van der Waals surface area contributed by atoms with Crippen LogP contribution in [-0.2, 0) is 6.42 Å². The van der Waals surface area contributed by atoms with Gasteiger partial charge >= 0.3 is 0 Å². The number of nitrogens with one attached hydrogen (secondary N) is 2. The van der Waals surface area contributed by atoms with Crippen LogP contribution in [0.3, 0.4) is 0 Å². The number of phenols is 1. The fourth-order valence-electron chi connectivity index (χ4n) is 2.69. The molecule has 0 heterocycles. The minimum atomic E-state index is 0.114. The number of rotatable bonds is 3. The van der Waals surface area contributed by atoms with E-state index >= 15 is 0 Å². The molecule has 118 valence electrons. The van der Waals surface area contributed by atoms with Gasteiger partial charge in [0, 0.05) is 10.6 Å². The fourth-order valence-corrected chi connectivity index (χ4v) is 3.06. The number of phenolic OH excluding ortho intramolecular Hbond substituents is 1. The van der Waals surface area contributed by atoms with E-state index in [1.807, 2.05) is 6.07 Å². The maximum Gasteiger partial charge on any atom is 0.187 e. The van der Waals surface area contributed by atoms with Crippen molar-refractivity contribution in [1.82, 2.24) is 10.7 Å². The average Bonchev–Trinajstić information content (AvgIpc) is 2.94. The molecule has 2 aromatic rings. The van der Waals surface area contributed by atoms with E-state index in [1.165, 1.54) is 23.4 Å². The molecule has 3 rings (SSSR count). The van der Waals surface area contributed by atoms with Gasteiger partial charge in [0.05, 0.1) is 12.3 Å². The quantitative estimate of drug-likeness (QED) is 0.452. The molecule has 0 aliphatic heterocycles. The minimum Gasteiger partial charge on any atom is -0.507 e. The summed E-state index contributed by atoms with van der Waals surface area (Å²) in [4.78, 5) is 0. The van der Waals surface area contributed by atoms with Gasteiger partial charge in [-0.05, 0) is 54.4 Å². The van der Waals surface area contributed by atoms with E-state index in [9.17, 15) is 5.11 Å². The lowest BCUT2D eigenvalue weighted by Crippen LogP contribution is -2.34. The average molecular weight is 346 g/mol. The lowest BCUT2D eigenvalue weighted by atomic mass is 10.1. The van der Waals surface area contributed by atoms with Crippen LogP contribution in [0.15, 0.2) is 47.6 Å². The summed E-state index contributed by atoms with van der Waals surface area (Å²) in [5.74, 6) is 0.114. The van der Waals surface area contributed by atoms with E-state index in [4.69, 9.17) is 23.8 Å². The van der Waals surface area contributed by atoms with Gasteiger partial charge in [0.25, 0.3) is 0 Å². The van der Waals surface area contributed by atoms with Crippen molar-refractivity contribution in [1.29, 1.82) is 0 Å². The molecule has 0 radical (unpaired) electrons. The molecule has 4 nitrogen and oxygen atoms in total. The number of halogens is 1. The number of hydrogen-bond donors (Lipinski definition) is 3. The van der Waals surface area contributed by atoms with Crippen molar-refractivity contribution in [3.63, 3.8) is 0 Å². The van der Waals surface area contributed by atoms with Gasteiger partial charge in [0.1, 0.15) is 5.75 Å². The second-order valence-corrected chi connectivity index (χ2v) is 6.18. The van der Waals surface area contributed by atoms with Crippen LogP contribution in [0, 0.1) is 0 Å². The third-order valence-corrected chi connectivity index (χ3v) is 4.24. The second-order valence-electron chi connectivity index (χ2n) is 5.34. The molecule has 6 heteroatoms. The summed E-state index contributed by atoms with van der Waals surface area (Å²) in [6.45, 7) is 0. The van der Waals surface area contributed by atoms with Crippen molar-refractivity contribution < 1.29 is 5.11 Å². The number of hydrazone groups is 1. The Labute approximate surface area is 145 Å². The molecule has 1 atom stereocenters. The molecule has 0 saturated carbocycles. The van der Waals surface area contributed by atoms with Crippen LogP contribution in [0.25, 0.3) is 0 Å². The molecule has 0 aromatic heterocycles. The van der Waals surface area contributed by atoms with E-state index in [-0.39, 0.29) is 11.8 Å². The Morgan fingerprint density at radius 3 is 3.00 bits per heavy atom. The molecule has 0 fully saturated rings. The lowest BCUT2D eigenvalue weighted by Gasteiger charge is -2.15. The van der Waals surface area contributed by atoms with Gasteiger partial charge in [-0.15, -0.1) is 0 Å². The molecule has 0 unspecified atom stereocenters. The van der Waals surface area contributed by atoms with Crippen molar-refractivity contribution in [2.75, 3.05) is 0 Å². The zero-order valence-electron chi connectivity index (χ0n) is 12.3. The normalized spacial score (nSPS) is 16.3. The van der Waals surface area contributed by atoms with E-state index in [0.29, 0.717) is 15.7 Å². The van der Waals surface area contributed by atoms with Crippen LogP contribution >= 0.6 is 23.8 Å². The Hall–Kier alpha value is -2.11. The molecule has 1 aliphatic carbocycles. The zero-order valence-corrected chi connectivity index (χ0v) is 13.9. The van der Waals surface area contributed by atoms with E-state index in [2.05, 4.69) is 34.0 Å². The minimum absolute atomic E-state index is 0.114. The van der Waals surface area contributed by atoms with Gasteiger partial charge in [-0.25, -0.2) is 0 Å². The molecule has 0 bridgehead atoms. The first-order valence-corrected chi connectivity index (χ1v) is 8.08. The first-order valence-electron chi connectivity index (χ1n) is 7.29. The molecule has 2 aromatic carbocycles. The molecular formula is C17H16ClN3OS. The first kappa shape index (κ1) is 15.8. The molecule has 3 N–H and O–H groups in total. The van der Waals surface area contributed by atoms with Gasteiger partial charge in [-0.3, -0.25) is 5.43 Å². The number of hydrogen-bond acceptors (Lipinski definition) is 3. The molecule has 0 amide bonds. The summed E-state index contributed by atoms with van der Waals surface area (Å²) >= 11 is 11.2. The molecule has 23 heavy (non-hydrogen) atoms. The number of aromatic hydroxyl groups is 1. The van der Waals surface area contributed by atoms with Gasteiger partial charge < -0.3 is 10.4 Å². The maximum absolute atomic E-state index is 9.71. The highest BCUT2D eigenvalue weighted by Gasteiger charge is 2.22. The van der Waals surface area contributed by atoms with Gasteiger partial charge in [0.2, 0.25) is 0 Å². The summed E-state index contributed by atoms with van der Waals surface area (Å²) in [5.41, 5.74) is 5.94. The van der Waals surface area contributed by atoms with E-state index < -0.39 is 0 Å². The highest BCUT2D eigenvalue weighted by molar-refractivity contribution is 7.80. The van der Waals surface area contributed by atoms with Crippen LogP contribution in [0.5, 0.6) is 5.75 Å². The van der Waals surface area contributed by atoms with Crippen LogP contribution in [0.1, 0.15) is 29.2 Å². The Kier molecular flexibility index (Phi) is 4.79. The first-order chi connectivity index (χ1) is 11.1. The molecular weight excluding hydrogens is 330 g/mol. The van der Waals surface area contributed by atoms with Crippen molar-refractivity contribution in [2.45, 2.75) is 18.9 Å². The van der Waals surface area contributed by atoms with E-state index in [1.54, 1.807) is 12.1 Å². The summed E-state index contributed by atoms with van der Waals surface area (Å²) in [6, 6.07) is 13.3. The maximum atomic E-state index is 9.71. The van der Waals surface area contributed by atoms with Crippen LogP contribution < -0.4 is 10.7 Å².